The van der Waals surface area contributed by atoms with Gasteiger partial charge in [0.05, 0.1) is 11.3 Å². The standard InChI is InChI=1S/C20H19N3O3/c1-15-5-2-3-6-17(15)13-21-19(24)14-26-20(25)16-7-9-18(10-8-16)23-12-4-11-22-23/h2-12H,13-14H2,1H3,(H,21,24). The van der Waals surface area contributed by atoms with E-state index < -0.39 is 5.97 Å². The lowest BCUT2D eigenvalue weighted by molar-refractivity contribution is -0.124. The van der Waals surface area contributed by atoms with Crippen molar-refractivity contribution in [2.75, 3.05) is 6.61 Å². The second-order valence-corrected chi connectivity index (χ2v) is 5.78. The first-order valence-corrected chi connectivity index (χ1v) is 8.22. The number of hydrogen-bond donors (Lipinski definition) is 1. The van der Waals surface area contributed by atoms with Crippen LogP contribution in [0.4, 0.5) is 0 Å². The van der Waals surface area contributed by atoms with E-state index in [-0.39, 0.29) is 12.5 Å². The number of esters is 1. The number of hydrogen-bond acceptors (Lipinski definition) is 4. The first-order chi connectivity index (χ1) is 12.6. The first kappa shape index (κ1) is 17.4. The van der Waals surface area contributed by atoms with Crippen LogP contribution in [-0.4, -0.2) is 28.3 Å². The molecule has 0 aliphatic carbocycles. The number of ether oxygens (including phenoxy) is 1. The summed E-state index contributed by atoms with van der Waals surface area (Å²) in [5, 5.41) is 6.87. The van der Waals surface area contributed by atoms with Gasteiger partial charge >= 0.3 is 5.97 Å². The minimum atomic E-state index is -0.539. The van der Waals surface area contributed by atoms with Gasteiger partial charge in [0.25, 0.3) is 5.91 Å². The molecule has 0 atom stereocenters. The largest absolute Gasteiger partial charge is 0.452 e. The van der Waals surface area contributed by atoms with Gasteiger partial charge in [0.15, 0.2) is 6.61 Å². The van der Waals surface area contributed by atoms with E-state index in [1.165, 1.54) is 0 Å². The number of nitrogens with one attached hydrogen (secondary N) is 1. The zero-order valence-electron chi connectivity index (χ0n) is 14.4. The smallest absolute Gasteiger partial charge is 0.338 e. The molecule has 0 spiro atoms. The van der Waals surface area contributed by atoms with Crippen LogP contribution in [0.15, 0.2) is 67.0 Å². The maximum atomic E-state index is 12.1. The molecule has 132 valence electrons. The fourth-order valence-electron chi connectivity index (χ4n) is 2.44. The van der Waals surface area contributed by atoms with Gasteiger partial charge in [-0.15, -0.1) is 0 Å². The van der Waals surface area contributed by atoms with Crippen molar-refractivity contribution in [2.45, 2.75) is 13.5 Å². The molecule has 0 saturated carbocycles. The third-order valence-electron chi connectivity index (χ3n) is 3.94. The second kappa shape index (κ2) is 8.11. The molecule has 6 nitrogen and oxygen atoms in total. The van der Waals surface area contributed by atoms with Gasteiger partial charge in [0.2, 0.25) is 0 Å². The number of aromatic nitrogens is 2. The number of benzene rings is 2. The summed E-state index contributed by atoms with van der Waals surface area (Å²) in [5.74, 6) is -0.877. The van der Waals surface area contributed by atoms with Crippen molar-refractivity contribution in [1.29, 1.82) is 0 Å². The van der Waals surface area contributed by atoms with E-state index >= 15 is 0 Å². The van der Waals surface area contributed by atoms with Crippen molar-refractivity contribution in [3.05, 3.63) is 83.7 Å². The van der Waals surface area contributed by atoms with Crippen LogP contribution < -0.4 is 5.32 Å². The average Bonchev–Trinajstić information content (AvgIpc) is 3.20. The Hall–Kier alpha value is -3.41. The van der Waals surface area contributed by atoms with Gasteiger partial charge in [-0.25, -0.2) is 9.48 Å². The van der Waals surface area contributed by atoms with Gasteiger partial charge in [0.1, 0.15) is 0 Å². The van der Waals surface area contributed by atoms with Gasteiger partial charge in [-0.2, -0.15) is 5.10 Å². The summed E-state index contributed by atoms with van der Waals surface area (Å²) in [6.45, 7) is 2.07. The topological polar surface area (TPSA) is 73.2 Å². The summed E-state index contributed by atoms with van der Waals surface area (Å²) < 4.78 is 6.75. The highest BCUT2D eigenvalue weighted by Gasteiger charge is 2.10. The van der Waals surface area contributed by atoms with Crippen LogP contribution in [0.1, 0.15) is 21.5 Å². The minimum absolute atomic E-state index is 0.314. The summed E-state index contributed by atoms with van der Waals surface area (Å²) in [5.41, 5.74) is 3.35. The Morgan fingerprint density at radius 1 is 1.08 bits per heavy atom. The SMILES string of the molecule is Cc1ccccc1CNC(=O)COC(=O)c1ccc(-n2cccn2)cc1. The summed E-state index contributed by atoms with van der Waals surface area (Å²) in [6, 6.07) is 16.4. The molecule has 0 bridgehead atoms. The highest BCUT2D eigenvalue weighted by molar-refractivity contribution is 5.91. The zero-order valence-corrected chi connectivity index (χ0v) is 14.4. The van der Waals surface area contributed by atoms with Crippen LogP contribution >= 0.6 is 0 Å². The maximum absolute atomic E-state index is 12.1. The van der Waals surface area contributed by atoms with E-state index in [1.807, 2.05) is 43.5 Å². The molecule has 1 heterocycles. The predicted molar refractivity (Wildman–Crippen MR) is 96.9 cm³/mol. The fraction of sp³-hybridized carbons (Fsp3) is 0.150. The summed E-state index contributed by atoms with van der Waals surface area (Å²) in [7, 11) is 0. The van der Waals surface area contributed by atoms with Gasteiger partial charge in [-0.05, 0) is 48.4 Å². The Labute approximate surface area is 151 Å². The van der Waals surface area contributed by atoms with E-state index in [0.717, 1.165) is 16.8 Å². The lowest BCUT2D eigenvalue weighted by Crippen LogP contribution is -2.28. The summed E-state index contributed by atoms with van der Waals surface area (Å²) >= 11 is 0. The Balaban J connectivity index is 1.49. The molecule has 3 rings (SSSR count). The lowest BCUT2D eigenvalue weighted by Gasteiger charge is -2.09. The Kier molecular flexibility index (Phi) is 5.43. The Morgan fingerprint density at radius 3 is 2.54 bits per heavy atom. The number of rotatable bonds is 6. The van der Waals surface area contributed by atoms with Crippen molar-refractivity contribution in [2.24, 2.45) is 0 Å². The number of carbonyl (C=O) groups excluding carboxylic acids is 2. The molecular weight excluding hydrogens is 330 g/mol. The molecule has 1 amide bonds. The number of aryl methyl sites for hydroxylation is 1. The molecule has 26 heavy (non-hydrogen) atoms. The molecule has 1 N–H and O–H groups in total. The van der Waals surface area contributed by atoms with Crippen LogP contribution in [0.2, 0.25) is 0 Å². The fourth-order valence-corrected chi connectivity index (χ4v) is 2.44. The minimum Gasteiger partial charge on any atom is -0.452 e. The normalized spacial score (nSPS) is 10.3. The molecule has 0 unspecified atom stereocenters. The lowest BCUT2D eigenvalue weighted by atomic mass is 10.1. The van der Waals surface area contributed by atoms with Crippen LogP contribution in [0.25, 0.3) is 5.69 Å². The zero-order chi connectivity index (χ0) is 18.4. The van der Waals surface area contributed by atoms with Gasteiger partial charge in [-0.1, -0.05) is 24.3 Å². The van der Waals surface area contributed by atoms with E-state index in [2.05, 4.69) is 10.4 Å². The third-order valence-corrected chi connectivity index (χ3v) is 3.94. The van der Waals surface area contributed by atoms with E-state index in [0.29, 0.717) is 12.1 Å². The van der Waals surface area contributed by atoms with Gasteiger partial charge in [-0.3, -0.25) is 4.79 Å². The summed E-state index contributed by atoms with van der Waals surface area (Å²) in [4.78, 5) is 23.9. The first-order valence-electron chi connectivity index (χ1n) is 8.22. The van der Waals surface area contributed by atoms with Crippen molar-refractivity contribution in [3.8, 4) is 5.69 Å². The number of amides is 1. The monoisotopic (exact) mass is 349 g/mol. The highest BCUT2D eigenvalue weighted by Crippen LogP contribution is 2.10. The van der Waals surface area contributed by atoms with Crippen molar-refractivity contribution in [1.82, 2.24) is 15.1 Å². The molecule has 3 aromatic rings. The highest BCUT2D eigenvalue weighted by atomic mass is 16.5. The number of carbonyl (C=O) groups is 2. The van der Waals surface area contributed by atoms with Crippen LogP contribution in [0, 0.1) is 6.92 Å². The molecule has 0 radical (unpaired) electrons. The molecule has 0 saturated heterocycles. The molecule has 1 aromatic heterocycles. The van der Waals surface area contributed by atoms with E-state index in [9.17, 15) is 9.59 Å². The van der Waals surface area contributed by atoms with Crippen molar-refractivity contribution >= 4 is 11.9 Å². The van der Waals surface area contributed by atoms with Gasteiger partial charge in [0, 0.05) is 18.9 Å². The molecule has 0 aliphatic rings. The van der Waals surface area contributed by atoms with Gasteiger partial charge < -0.3 is 10.1 Å². The van der Waals surface area contributed by atoms with Crippen molar-refractivity contribution < 1.29 is 14.3 Å². The molecule has 2 aromatic carbocycles. The van der Waals surface area contributed by atoms with Crippen LogP contribution in [0.5, 0.6) is 0 Å². The van der Waals surface area contributed by atoms with Crippen LogP contribution in [0.3, 0.4) is 0 Å². The number of nitrogens with zero attached hydrogens (tertiary/aromatic N) is 2. The second-order valence-electron chi connectivity index (χ2n) is 5.78. The average molecular weight is 349 g/mol. The molecule has 0 aliphatic heterocycles. The maximum Gasteiger partial charge on any atom is 0.338 e. The Morgan fingerprint density at radius 2 is 1.85 bits per heavy atom. The molecular formula is C20H19N3O3. The van der Waals surface area contributed by atoms with E-state index in [4.69, 9.17) is 4.74 Å². The summed E-state index contributed by atoms with van der Waals surface area (Å²) in [6.07, 6.45) is 3.49. The van der Waals surface area contributed by atoms with Crippen molar-refractivity contribution in [3.63, 3.8) is 0 Å². The third kappa shape index (κ3) is 4.36. The predicted octanol–water partition coefficient (Wildman–Crippen LogP) is 2.65. The van der Waals surface area contributed by atoms with E-state index in [1.54, 1.807) is 35.1 Å². The quantitative estimate of drug-likeness (QED) is 0.695. The molecule has 6 heteroatoms. The Bertz CT molecular complexity index is 887. The molecule has 0 fully saturated rings. The van der Waals surface area contributed by atoms with Crippen LogP contribution in [-0.2, 0) is 16.1 Å².